The van der Waals surface area contributed by atoms with Crippen molar-refractivity contribution in [2.75, 3.05) is 5.75 Å². The molecule has 0 aromatic heterocycles. The molecule has 2 aliphatic rings. The smallest absolute Gasteiger partial charge is 0.335 e. The summed E-state index contributed by atoms with van der Waals surface area (Å²) in [6.45, 7) is 7.09. The van der Waals surface area contributed by atoms with Gasteiger partial charge in [0.2, 0.25) is 12.0 Å². The molecule has 4 atom stereocenters. The van der Waals surface area contributed by atoms with Crippen LogP contribution in [0.3, 0.4) is 0 Å². The fraction of sp³-hybridized carbons (Fsp3) is 0.435. The zero-order chi connectivity index (χ0) is 25.8. The number of rotatable bonds is 8. The number of thioether (sulfide) groups is 2. The Bertz CT molecular complexity index is 1030. The van der Waals surface area contributed by atoms with Gasteiger partial charge in [-0.1, -0.05) is 49.0 Å². The minimum absolute atomic E-state index is 0.173. The van der Waals surface area contributed by atoms with E-state index in [2.05, 4.69) is 10.6 Å². The summed E-state index contributed by atoms with van der Waals surface area (Å²) in [6.07, 6.45) is -1.23. The molecule has 12 heteroatoms. The molecule has 1 aromatic carbocycles. The van der Waals surface area contributed by atoms with Gasteiger partial charge in [0.1, 0.15) is 17.0 Å². The van der Waals surface area contributed by atoms with Crippen molar-refractivity contribution in [2.24, 2.45) is 0 Å². The summed E-state index contributed by atoms with van der Waals surface area (Å²) < 4.78 is 10.5. The van der Waals surface area contributed by atoms with Gasteiger partial charge >= 0.3 is 5.97 Å². The van der Waals surface area contributed by atoms with E-state index in [4.69, 9.17) is 9.47 Å². The first-order valence-corrected chi connectivity index (χ1v) is 12.8. The lowest BCUT2D eigenvalue weighted by atomic mass is 9.99. The van der Waals surface area contributed by atoms with E-state index in [-0.39, 0.29) is 17.4 Å². The van der Waals surface area contributed by atoms with Crippen LogP contribution in [0.5, 0.6) is 0 Å². The average molecular weight is 522 g/mol. The molecule has 0 radical (unpaired) electrons. The number of β-lactam (4-membered cyclic amide) rings is 1. The van der Waals surface area contributed by atoms with Crippen molar-refractivity contribution < 1.29 is 33.4 Å². The molecule has 0 bridgehead atoms. The third kappa shape index (κ3) is 6.17. The van der Waals surface area contributed by atoms with Crippen LogP contribution in [0.4, 0.5) is 4.79 Å². The normalized spacial score (nSPS) is 22.1. The van der Waals surface area contributed by atoms with Crippen LogP contribution >= 0.6 is 23.5 Å². The summed E-state index contributed by atoms with van der Waals surface area (Å²) in [5.41, 5.74) is -0.140. The summed E-state index contributed by atoms with van der Waals surface area (Å²) in [5.74, 6) is -1.35. The lowest BCUT2D eigenvalue weighted by Gasteiger charge is -2.51. The summed E-state index contributed by atoms with van der Waals surface area (Å²) >= 11 is 2.21. The molecule has 2 heterocycles. The van der Waals surface area contributed by atoms with Gasteiger partial charge in [0.25, 0.3) is 17.6 Å². The number of nitrogens with zero attached hydrogens (tertiary/aromatic N) is 1. The van der Waals surface area contributed by atoms with E-state index < -0.39 is 46.9 Å². The first kappa shape index (κ1) is 26.6. The SMILES string of the molecule is CCSC(=O)NC1=CS[C@H]2C(NC(=O)C(OC=O)c3ccccc3)C(=O)N2C1C(=O)OC(C)(C)C. The predicted molar refractivity (Wildman–Crippen MR) is 131 cm³/mol. The molecule has 1 fully saturated rings. The van der Waals surface area contributed by atoms with Crippen LogP contribution in [0.25, 0.3) is 0 Å². The molecule has 35 heavy (non-hydrogen) atoms. The number of hydrogen-bond acceptors (Lipinski definition) is 9. The van der Waals surface area contributed by atoms with E-state index in [1.165, 1.54) is 16.7 Å². The van der Waals surface area contributed by atoms with E-state index in [1.807, 2.05) is 6.92 Å². The maximum absolute atomic E-state index is 13.1. The fourth-order valence-electron chi connectivity index (χ4n) is 3.58. The molecule has 2 aliphatic heterocycles. The monoisotopic (exact) mass is 521 g/mol. The topological polar surface area (TPSA) is 131 Å². The van der Waals surface area contributed by atoms with Crippen LogP contribution in [-0.2, 0) is 28.7 Å². The molecule has 10 nitrogen and oxygen atoms in total. The van der Waals surface area contributed by atoms with Gasteiger partial charge in [0, 0.05) is 5.56 Å². The summed E-state index contributed by atoms with van der Waals surface area (Å²) in [6, 6.07) is 6.27. The zero-order valence-electron chi connectivity index (χ0n) is 19.7. The molecule has 1 aromatic rings. The predicted octanol–water partition coefficient (Wildman–Crippen LogP) is 2.31. The van der Waals surface area contributed by atoms with Crippen LogP contribution in [0.15, 0.2) is 41.4 Å². The Morgan fingerprint density at radius 3 is 2.51 bits per heavy atom. The van der Waals surface area contributed by atoms with Crippen LogP contribution in [0.2, 0.25) is 0 Å². The molecule has 1 saturated heterocycles. The maximum Gasteiger partial charge on any atom is 0.335 e. The Kier molecular flexibility index (Phi) is 8.49. The van der Waals surface area contributed by atoms with Crippen molar-refractivity contribution in [3.05, 3.63) is 47.0 Å². The van der Waals surface area contributed by atoms with Gasteiger partial charge in [-0.3, -0.25) is 19.2 Å². The number of amides is 3. The van der Waals surface area contributed by atoms with E-state index in [0.29, 0.717) is 11.3 Å². The number of benzene rings is 1. The molecule has 2 N–H and O–H groups in total. The van der Waals surface area contributed by atoms with Gasteiger partial charge in [-0.25, -0.2) is 4.79 Å². The Labute approximate surface area is 211 Å². The van der Waals surface area contributed by atoms with E-state index in [1.54, 1.807) is 56.5 Å². The van der Waals surface area contributed by atoms with Crippen molar-refractivity contribution >= 4 is 53.0 Å². The number of esters is 1. The number of nitrogens with one attached hydrogen (secondary N) is 2. The Balaban J connectivity index is 1.81. The molecular weight excluding hydrogens is 494 g/mol. The molecule has 0 spiro atoms. The second-order valence-electron chi connectivity index (χ2n) is 8.64. The molecule has 188 valence electrons. The molecule has 3 rings (SSSR count). The highest BCUT2D eigenvalue weighted by Gasteiger charge is 2.57. The summed E-state index contributed by atoms with van der Waals surface area (Å²) in [5, 5.41) is 5.92. The lowest BCUT2D eigenvalue weighted by Crippen LogP contribution is -2.74. The molecule has 0 aliphatic carbocycles. The standard InChI is InChI=1S/C23H27N3O7S2/c1-5-34-22(31)24-14-11-35-20-15(19(29)26(20)16(14)21(30)33-23(2,3)4)25-18(28)17(32-12-27)13-9-7-6-8-10-13/h6-12,15-17,20H,5H2,1-4H3,(H,24,31)(H,25,28)/t15?,16?,17?,20-/m0/s1. The average Bonchev–Trinajstić information content (AvgIpc) is 2.80. The minimum Gasteiger partial charge on any atom is -0.458 e. The Hall–Kier alpha value is -2.99. The second-order valence-corrected chi connectivity index (χ2v) is 10.9. The summed E-state index contributed by atoms with van der Waals surface area (Å²) in [7, 11) is 0. The third-order valence-corrected chi connectivity index (χ3v) is 6.79. The van der Waals surface area contributed by atoms with Crippen LogP contribution in [-0.4, -0.2) is 63.2 Å². The highest BCUT2D eigenvalue weighted by Crippen LogP contribution is 2.40. The summed E-state index contributed by atoms with van der Waals surface area (Å²) in [4.78, 5) is 63.5. The quantitative estimate of drug-likeness (QED) is 0.301. The molecular formula is C23H27N3O7S2. The van der Waals surface area contributed by atoms with Crippen LogP contribution < -0.4 is 10.6 Å². The van der Waals surface area contributed by atoms with Gasteiger partial charge in [-0.2, -0.15) is 0 Å². The largest absolute Gasteiger partial charge is 0.458 e. The van der Waals surface area contributed by atoms with Gasteiger partial charge in [0.05, 0.1) is 5.70 Å². The van der Waals surface area contributed by atoms with Crippen molar-refractivity contribution in [3.63, 3.8) is 0 Å². The fourth-order valence-corrected chi connectivity index (χ4v) is 5.20. The Morgan fingerprint density at radius 1 is 1.23 bits per heavy atom. The first-order chi connectivity index (χ1) is 16.6. The van der Waals surface area contributed by atoms with E-state index in [9.17, 15) is 24.0 Å². The van der Waals surface area contributed by atoms with E-state index in [0.717, 1.165) is 11.8 Å². The number of fused-ring (bicyclic) bond motifs is 1. The number of hydrogen-bond donors (Lipinski definition) is 2. The lowest BCUT2D eigenvalue weighted by molar-refractivity contribution is -0.170. The number of carbonyl (C=O) groups excluding carboxylic acids is 5. The molecule has 3 unspecified atom stereocenters. The first-order valence-electron chi connectivity index (χ1n) is 10.9. The Morgan fingerprint density at radius 2 is 1.91 bits per heavy atom. The van der Waals surface area contributed by atoms with Gasteiger partial charge in [-0.15, -0.1) is 11.8 Å². The highest BCUT2D eigenvalue weighted by atomic mass is 32.2. The van der Waals surface area contributed by atoms with Crippen molar-refractivity contribution in [1.29, 1.82) is 0 Å². The van der Waals surface area contributed by atoms with Crippen molar-refractivity contribution in [3.8, 4) is 0 Å². The van der Waals surface area contributed by atoms with E-state index >= 15 is 0 Å². The van der Waals surface area contributed by atoms with Crippen LogP contribution in [0, 0.1) is 0 Å². The second kappa shape index (κ2) is 11.2. The van der Waals surface area contributed by atoms with Crippen LogP contribution in [0.1, 0.15) is 39.4 Å². The van der Waals surface area contributed by atoms with Gasteiger partial charge < -0.3 is 25.0 Å². The van der Waals surface area contributed by atoms with Gasteiger partial charge in [0.15, 0.2) is 6.04 Å². The van der Waals surface area contributed by atoms with Crippen molar-refractivity contribution in [2.45, 2.75) is 56.9 Å². The highest BCUT2D eigenvalue weighted by molar-refractivity contribution is 8.13. The minimum atomic E-state index is -1.23. The molecule has 3 amide bonds. The number of carbonyl (C=O) groups is 5. The third-order valence-electron chi connectivity index (χ3n) is 4.97. The molecule has 0 saturated carbocycles. The zero-order valence-corrected chi connectivity index (χ0v) is 21.3. The van der Waals surface area contributed by atoms with Gasteiger partial charge in [-0.05, 0) is 31.9 Å². The van der Waals surface area contributed by atoms with Crippen molar-refractivity contribution in [1.82, 2.24) is 15.5 Å². The maximum atomic E-state index is 13.1. The number of ether oxygens (including phenoxy) is 2.